The minimum atomic E-state index is -0.837. The standard InChI is InChI=1S/C18H21NO/c1-12-7-13(2)9-14(8-12)10-18(20)11-17(19)15-5-3-4-6-16(15)18/h3-9,17,20H,10-11,19H2,1-2H3. The van der Waals surface area contributed by atoms with Crippen molar-refractivity contribution in [3.8, 4) is 0 Å². The first-order valence-electron chi connectivity index (χ1n) is 7.12. The summed E-state index contributed by atoms with van der Waals surface area (Å²) in [6.45, 7) is 4.18. The molecule has 2 atom stereocenters. The molecule has 0 spiro atoms. The van der Waals surface area contributed by atoms with E-state index >= 15 is 0 Å². The van der Waals surface area contributed by atoms with E-state index in [1.165, 1.54) is 16.7 Å². The highest BCUT2D eigenvalue weighted by atomic mass is 16.3. The lowest BCUT2D eigenvalue weighted by molar-refractivity contribution is 0.0342. The van der Waals surface area contributed by atoms with Crippen molar-refractivity contribution in [3.05, 3.63) is 70.3 Å². The van der Waals surface area contributed by atoms with Crippen LogP contribution in [0.2, 0.25) is 0 Å². The maximum atomic E-state index is 11.1. The van der Waals surface area contributed by atoms with Gasteiger partial charge in [-0.05, 0) is 37.0 Å². The van der Waals surface area contributed by atoms with E-state index in [1.807, 2.05) is 24.3 Å². The highest BCUT2D eigenvalue weighted by Crippen LogP contribution is 2.43. The van der Waals surface area contributed by atoms with Crippen LogP contribution in [-0.2, 0) is 12.0 Å². The number of hydrogen-bond donors (Lipinski definition) is 2. The van der Waals surface area contributed by atoms with Crippen molar-refractivity contribution in [3.63, 3.8) is 0 Å². The van der Waals surface area contributed by atoms with E-state index in [0.29, 0.717) is 12.8 Å². The average molecular weight is 267 g/mol. The Morgan fingerprint density at radius 1 is 1.15 bits per heavy atom. The zero-order valence-corrected chi connectivity index (χ0v) is 12.1. The topological polar surface area (TPSA) is 46.2 Å². The molecule has 2 aromatic rings. The lowest BCUT2D eigenvalue weighted by atomic mass is 9.88. The molecule has 1 aliphatic carbocycles. The third-order valence-corrected chi connectivity index (χ3v) is 4.20. The number of aryl methyl sites for hydroxylation is 2. The van der Waals surface area contributed by atoms with Crippen molar-refractivity contribution < 1.29 is 5.11 Å². The Morgan fingerprint density at radius 3 is 2.50 bits per heavy atom. The molecule has 3 N–H and O–H groups in total. The molecular formula is C18H21NO. The first kappa shape index (κ1) is 13.3. The van der Waals surface area contributed by atoms with Crippen LogP contribution in [-0.4, -0.2) is 5.11 Å². The van der Waals surface area contributed by atoms with Gasteiger partial charge in [0.15, 0.2) is 0 Å². The molecular weight excluding hydrogens is 246 g/mol. The quantitative estimate of drug-likeness (QED) is 0.878. The number of nitrogens with two attached hydrogens (primary N) is 1. The molecule has 0 heterocycles. The molecule has 1 aliphatic rings. The van der Waals surface area contributed by atoms with E-state index < -0.39 is 5.60 Å². The van der Waals surface area contributed by atoms with Crippen LogP contribution < -0.4 is 5.73 Å². The van der Waals surface area contributed by atoms with Crippen molar-refractivity contribution in [1.82, 2.24) is 0 Å². The lowest BCUT2D eigenvalue weighted by Crippen LogP contribution is -2.26. The highest BCUT2D eigenvalue weighted by Gasteiger charge is 2.40. The SMILES string of the molecule is Cc1cc(C)cc(CC2(O)CC(N)c3ccccc32)c1. The van der Waals surface area contributed by atoms with Gasteiger partial charge in [-0.2, -0.15) is 0 Å². The van der Waals surface area contributed by atoms with Crippen molar-refractivity contribution in [2.24, 2.45) is 5.73 Å². The van der Waals surface area contributed by atoms with Crippen molar-refractivity contribution in [2.75, 3.05) is 0 Å². The van der Waals surface area contributed by atoms with Crippen LogP contribution in [0.1, 0.15) is 40.3 Å². The number of benzene rings is 2. The maximum Gasteiger partial charge on any atom is 0.0958 e. The molecule has 0 amide bonds. The van der Waals surface area contributed by atoms with Gasteiger partial charge < -0.3 is 10.8 Å². The fourth-order valence-electron chi connectivity index (χ4n) is 3.50. The van der Waals surface area contributed by atoms with Crippen LogP contribution in [0.4, 0.5) is 0 Å². The maximum absolute atomic E-state index is 11.1. The lowest BCUT2D eigenvalue weighted by Gasteiger charge is -2.24. The molecule has 3 rings (SSSR count). The number of rotatable bonds is 2. The summed E-state index contributed by atoms with van der Waals surface area (Å²) in [7, 11) is 0. The molecule has 0 saturated carbocycles. The molecule has 0 bridgehead atoms. The summed E-state index contributed by atoms with van der Waals surface area (Å²) in [5, 5.41) is 11.1. The van der Waals surface area contributed by atoms with E-state index in [9.17, 15) is 5.11 Å². The average Bonchev–Trinajstić information content (AvgIpc) is 2.61. The van der Waals surface area contributed by atoms with Crippen molar-refractivity contribution >= 4 is 0 Å². The monoisotopic (exact) mass is 267 g/mol. The zero-order chi connectivity index (χ0) is 14.3. The normalized spacial score (nSPS) is 24.7. The fraction of sp³-hybridized carbons (Fsp3) is 0.333. The van der Waals surface area contributed by atoms with Crippen molar-refractivity contribution in [2.45, 2.75) is 38.3 Å². The van der Waals surface area contributed by atoms with E-state index in [0.717, 1.165) is 11.1 Å². The predicted octanol–water partition coefficient (Wildman–Crippen LogP) is 3.14. The molecule has 2 unspecified atom stereocenters. The second-order valence-corrected chi connectivity index (χ2v) is 6.10. The Hall–Kier alpha value is -1.64. The fourth-order valence-corrected chi connectivity index (χ4v) is 3.50. The number of hydrogen-bond acceptors (Lipinski definition) is 2. The minimum Gasteiger partial charge on any atom is -0.385 e. The van der Waals surface area contributed by atoms with Gasteiger partial charge in [-0.1, -0.05) is 53.6 Å². The molecule has 2 aromatic carbocycles. The van der Waals surface area contributed by atoms with E-state index in [4.69, 9.17) is 5.73 Å². The van der Waals surface area contributed by atoms with Crippen LogP contribution in [0.25, 0.3) is 0 Å². The molecule has 2 heteroatoms. The molecule has 2 nitrogen and oxygen atoms in total. The van der Waals surface area contributed by atoms with Gasteiger partial charge in [0.25, 0.3) is 0 Å². The third-order valence-electron chi connectivity index (χ3n) is 4.20. The summed E-state index contributed by atoms with van der Waals surface area (Å²) in [5.74, 6) is 0. The number of aliphatic hydroxyl groups is 1. The predicted molar refractivity (Wildman–Crippen MR) is 81.5 cm³/mol. The second-order valence-electron chi connectivity index (χ2n) is 6.10. The Labute approximate surface area is 120 Å². The first-order valence-corrected chi connectivity index (χ1v) is 7.12. The van der Waals surface area contributed by atoms with Crippen LogP contribution in [0, 0.1) is 13.8 Å². The summed E-state index contributed by atoms with van der Waals surface area (Å²) in [4.78, 5) is 0. The molecule has 104 valence electrons. The van der Waals surface area contributed by atoms with E-state index in [-0.39, 0.29) is 6.04 Å². The Kier molecular flexibility index (Phi) is 3.15. The minimum absolute atomic E-state index is 0.0675. The summed E-state index contributed by atoms with van der Waals surface area (Å²) >= 11 is 0. The second kappa shape index (κ2) is 4.72. The largest absolute Gasteiger partial charge is 0.385 e. The Balaban J connectivity index is 1.98. The summed E-state index contributed by atoms with van der Waals surface area (Å²) in [6.07, 6.45) is 1.22. The molecule has 0 aromatic heterocycles. The Bertz CT molecular complexity index is 629. The zero-order valence-electron chi connectivity index (χ0n) is 12.1. The first-order chi connectivity index (χ1) is 9.48. The summed E-state index contributed by atoms with van der Waals surface area (Å²) in [5.41, 5.74) is 11.1. The van der Waals surface area contributed by atoms with Gasteiger partial charge in [0.05, 0.1) is 5.60 Å². The van der Waals surface area contributed by atoms with Crippen LogP contribution >= 0.6 is 0 Å². The van der Waals surface area contributed by atoms with Gasteiger partial charge >= 0.3 is 0 Å². The molecule has 20 heavy (non-hydrogen) atoms. The van der Waals surface area contributed by atoms with Gasteiger partial charge in [0.1, 0.15) is 0 Å². The number of fused-ring (bicyclic) bond motifs is 1. The van der Waals surface area contributed by atoms with Crippen LogP contribution in [0.15, 0.2) is 42.5 Å². The van der Waals surface area contributed by atoms with Crippen LogP contribution in [0.5, 0.6) is 0 Å². The van der Waals surface area contributed by atoms with Gasteiger partial charge in [-0.15, -0.1) is 0 Å². The van der Waals surface area contributed by atoms with Crippen LogP contribution in [0.3, 0.4) is 0 Å². The van der Waals surface area contributed by atoms with E-state index in [1.54, 1.807) is 0 Å². The van der Waals surface area contributed by atoms with Gasteiger partial charge in [0, 0.05) is 12.5 Å². The van der Waals surface area contributed by atoms with Gasteiger partial charge in [0.2, 0.25) is 0 Å². The molecule has 0 aliphatic heterocycles. The summed E-state index contributed by atoms with van der Waals surface area (Å²) < 4.78 is 0. The van der Waals surface area contributed by atoms with Gasteiger partial charge in [-0.3, -0.25) is 0 Å². The van der Waals surface area contributed by atoms with E-state index in [2.05, 4.69) is 32.0 Å². The molecule has 0 fully saturated rings. The Morgan fingerprint density at radius 2 is 1.80 bits per heavy atom. The summed E-state index contributed by atoms with van der Waals surface area (Å²) in [6, 6.07) is 14.4. The molecule has 0 saturated heterocycles. The van der Waals surface area contributed by atoms with Gasteiger partial charge in [-0.25, -0.2) is 0 Å². The third kappa shape index (κ3) is 2.26. The van der Waals surface area contributed by atoms with Crippen molar-refractivity contribution in [1.29, 1.82) is 0 Å². The smallest absolute Gasteiger partial charge is 0.0958 e. The molecule has 0 radical (unpaired) electrons. The highest BCUT2D eigenvalue weighted by molar-refractivity contribution is 5.42.